The third-order valence-corrected chi connectivity index (χ3v) is 3.21. The average molecular weight is 172 g/mol. The first-order valence-electron chi connectivity index (χ1n) is 4.62. The van der Waals surface area contributed by atoms with Crippen LogP contribution in [-0.2, 0) is 4.74 Å². The highest BCUT2D eigenvalue weighted by atomic mass is 16.5. The van der Waals surface area contributed by atoms with Crippen molar-refractivity contribution in [3.63, 3.8) is 0 Å². The second-order valence-corrected chi connectivity index (χ2v) is 3.71. The summed E-state index contributed by atoms with van der Waals surface area (Å²) in [7, 11) is 3.91. The van der Waals surface area contributed by atoms with Crippen LogP contribution in [0.2, 0.25) is 0 Å². The Bertz CT molecular complexity index is 143. The fourth-order valence-electron chi connectivity index (χ4n) is 1.92. The molecule has 1 aliphatic rings. The van der Waals surface area contributed by atoms with Crippen molar-refractivity contribution >= 4 is 0 Å². The number of ether oxygens (including phenoxy) is 1. The van der Waals surface area contributed by atoms with E-state index in [0.717, 1.165) is 25.9 Å². The van der Waals surface area contributed by atoms with Crippen LogP contribution in [-0.4, -0.2) is 43.8 Å². The summed E-state index contributed by atoms with van der Waals surface area (Å²) in [5.74, 6) is 0. The lowest BCUT2D eigenvalue weighted by Crippen LogP contribution is -2.62. The van der Waals surface area contributed by atoms with Crippen LogP contribution in [0.25, 0.3) is 0 Å². The van der Waals surface area contributed by atoms with Gasteiger partial charge in [0.15, 0.2) is 0 Å². The van der Waals surface area contributed by atoms with Crippen molar-refractivity contribution in [2.75, 3.05) is 27.2 Å². The van der Waals surface area contributed by atoms with Crippen LogP contribution in [0.5, 0.6) is 0 Å². The Kier molecular flexibility index (Phi) is 3.09. The molecule has 0 aromatic carbocycles. The molecule has 0 bridgehead atoms. The van der Waals surface area contributed by atoms with E-state index < -0.39 is 0 Å². The Hall–Kier alpha value is -0.120. The van der Waals surface area contributed by atoms with Gasteiger partial charge in [0.25, 0.3) is 0 Å². The van der Waals surface area contributed by atoms with Crippen molar-refractivity contribution in [1.82, 2.24) is 4.90 Å². The molecule has 0 amide bonds. The lowest BCUT2D eigenvalue weighted by Gasteiger charge is -2.51. The molecule has 0 unspecified atom stereocenters. The minimum atomic E-state index is 0.232. The molecule has 3 nitrogen and oxygen atoms in total. The van der Waals surface area contributed by atoms with Gasteiger partial charge in [-0.2, -0.15) is 0 Å². The van der Waals surface area contributed by atoms with Gasteiger partial charge in [0.05, 0.1) is 6.10 Å². The molecular formula is C9H20N2O. The molecule has 72 valence electrons. The van der Waals surface area contributed by atoms with Crippen LogP contribution in [0.4, 0.5) is 0 Å². The lowest BCUT2D eigenvalue weighted by atomic mass is 9.73. The standard InChI is InChI=1S/C9H20N2O/c1-4-11(2)9(7-10)5-8(6-9)12-3/h8H,4-7,10H2,1-3H3. The molecule has 0 aromatic heterocycles. The second-order valence-electron chi connectivity index (χ2n) is 3.71. The Morgan fingerprint density at radius 2 is 2.17 bits per heavy atom. The number of likely N-dealkylation sites (N-methyl/N-ethyl adjacent to an activating group) is 1. The molecule has 3 heteroatoms. The predicted octanol–water partition coefficient (Wildman–Crippen LogP) is 0.444. The second kappa shape index (κ2) is 3.73. The van der Waals surface area contributed by atoms with Crippen molar-refractivity contribution in [2.45, 2.75) is 31.4 Å². The van der Waals surface area contributed by atoms with Crippen molar-refractivity contribution < 1.29 is 4.74 Å². The van der Waals surface area contributed by atoms with Gasteiger partial charge in [-0.05, 0) is 26.4 Å². The molecule has 1 rings (SSSR count). The normalized spacial score (nSPS) is 35.2. The summed E-state index contributed by atoms with van der Waals surface area (Å²) in [6, 6.07) is 0. The largest absolute Gasteiger partial charge is 0.381 e. The molecular weight excluding hydrogens is 152 g/mol. The zero-order valence-electron chi connectivity index (χ0n) is 8.34. The van der Waals surface area contributed by atoms with Crippen molar-refractivity contribution in [3.8, 4) is 0 Å². The zero-order chi connectivity index (χ0) is 9.19. The third kappa shape index (κ3) is 1.49. The van der Waals surface area contributed by atoms with Crippen LogP contribution in [0.1, 0.15) is 19.8 Å². The van der Waals surface area contributed by atoms with Gasteiger partial charge in [0, 0.05) is 19.2 Å². The fraction of sp³-hybridized carbons (Fsp3) is 1.00. The average Bonchev–Trinajstić information content (AvgIpc) is 2.04. The van der Waals surface area contributed by atoms with E-state index in [9.17, 15) is 0 Å². The maximum absolute atomic E-state index is 5.76. The first kappa shape index (κ1) is 9.96. The van der Waals surface area contributed by atoms with Gasteiger partial charge < -0.3 is 10.5 Å². The minimum absolute atomic E-state index is 0.232. The summed E-state index contributed by atoms with van der Waals surface area (Å²) < 4.78 is 5.26. The van der Waals surface area contributed by atoms with Gasteiger partial charge in [-0.1, -0.05) is 6.92 Å². The van der Waals surface area contributed by atoms with E-state index >= 15 is 0 Å². The van der Waals surface area contributed by atoms with E-state index in [0.29, 0.717) is 6.10 Å². The summed E-state index contributed by atoms with van der Waals surface area (Å²) in [4.78, 5) is 2.34. The van der Waals surface area contributed by atoms with Crippen LogP contribution in [0.15, 0.2) is 0 Å². The van der Waals surface area contributed by atoms with E-state index in [4.69, 9.17) is 10.5 Å². The van der Waals surface area contributed by atoms with Crippen molar-refractivity contribution in [2.24, 2.45) is 5.73 Å². The molecule has 0 aromatic rings. The van der Waals surface area contributed by atoms with Gasteiger partial charge >= 0.3 is 0 Å². The maximum Gasteiger partial charge on any atom is 0.0607 e. The zero-order valence-corrected chi connectivity index (χ0v) is 8.34. The Morgan fingerprint density at radius 3 is 2.50 bits per heavy atom. The quantitative estimate of drug-likeness (QED) is 0.669. The number of rotatable bonds is 4. The first-order chi connectivity index (χ1) is 5.68. The molecule has 0 aliphatic heterocycles. The molecule has 2 N–H and O–H groups in total. The van der Waals surface area contributed by atoms with Gasteiger partial charge in [0.2, 0.25) is 0 Å². The molecule has 0 atom stereocenters. The lowest BCUT2D eigenvalue weighted by molar-refractivity contribution is -0.0765. The van der Waals surface area contributed by atoms with Crippen molar-refractivity contribution in [1.29, 1.82) is 0 Å². The van der Waals surface area contributed by atoms with Crippen LogP contribution in [0.3, 0.4) is 0 Å². The summed E-state index contributed by atoms with van der Waals surface area (Å²) in [6.07, 6.45) is 2.61. The highest BCUT2D eigenvalue weighted by Gasteiger charge is 2.45. The molecule has 0 saturated heterocycles. The molecule has 12 heavy (non-hydrogen) atoms. The fourth-order valence-corrected chi connectivity index (χ4v) is 1.92. The number of nitrogens with two attached hydrogens (primary N) is 1. The van der Waals surface area contributed by atoms with E-state index in [2.05, 4.69) is 18.9 Å². The number of hydrogen-bond donors (Lipinski definition) is 1. The molecule has 1 saturated carbocycles. The summed E-state index contributed by atoms with van der Waals surface area (Å²) in [5, 5.41) is 0. The summed E-state index contributed by atoms with van der Waals surface area (Å²) >= 11 is 0. The topological polar surface area (TPSA) is 38.5 Å². The number of nitrogens with zero attached hydrogens (tertiary/aromatic N) is 1. The van der Waals surface area contributed by atoms with Crippen LogP contribution in [0, 0.1) is 0 Å². The van der Waals surface area contributed by atoms with Crippen LogP contribution < -0.4 is 5.73 Å². The van der Waals surface area contributed by atoms with E-state index in [1.807, 2.05) is 0 Å². The smallest absolute Gasteiger partial charge is 0.0607 e. The number of methoxy groups -OCH3 is 1. The van der Waals surface area contributed by atoms with Gasteiger partial charge in [0.1, 0.15) is 0 Å². The molecule has 0 heterocycles. The molecule has 0 radical (unpaired) electrons. The maximum atomic E-state index is 5.76. The Morgan fingerprint density at radius 1 is 1.58 bits per heavy atom. The summed E-state index contributed by atoms with van der Waals surface area (Å²) in [5.41, 5.74) is 6.00. The Balaban J connectivity index is 2.46. The molecule has 1 fully saturated rings. The predicted molar refractivity (Wildman–Crippen MR) is 50.1 cm³/mol. The highest BCUT2D eigenvalue weighted by molar-refractivity contribution is 5.03. The van der Waals surface area contributed by atoms with E-state index in [1.54, 1.807) is 7.11 Å². The highest BCUT2D eigenvalue weighted by Crippen LogP contribution is 2.37. The van der Waals surface area contributed by atoms with E-state index in [1.165, 1.54) is 0 Å². The minimum Gasteiger partial charge on any atom is -0.381 e. The van der Waals surface area contributed by atoms with E-state index in [-0.39, 0.29) is 5.54 Å². The van der Waals surface area contributed by atoms with Gasteiger partial charge in [-0.25, -0.2) is 0 Å². The van der Waals surface area contributed by atoms with Crippen LogP contribution >= 0.6 is 0 Å². The monoisotopic (exact) mass is 172 g/mol. The first-order valence-corrected chi connectivity index (χ1v) is 4.62. The molecule has 1 aliphatic carbocycles. The summed E-state index contributed by atoms with van der Waals surface area (Å²) in [6.45, 7) is 3.97. The van der Waals surface area contributed by atoms with Gasteiger partial charge in [-0.3, -0.25) is 4.90 Å². The Labute approximate surface area is 74.9 Å². The number of hydrogen-bond acceptors (Lipinski definition) is 3. The SMILES string of the molecule is CCN(C)C1(CN)CC(OC)C1. The van der Waals surface area contributed by atoms with Crippen molar-refractivity contribution in [3.05, 3.63) is 0 Å². The molecule has 0 spiro atoms. The van der Waals surface area contributed by atoms with Gasteiger partial charge in [-0.15, -0.1) is 0 Å². The third-order valence-electron chi connectivity index (χ3n) is 3.21.